The molecule has 0 radical (unpaired) electrons. The van der Waals surface area contributed by atoms with Crippen molar-refractivity contribution in [1.82, 2.24) is 20.9 Å². The Morgan fingerprint density at radius 1 is 0.615 bits per heavy atom. The Balaban J connectivity index is 2.50. The number of nitrogens with one attached hydrogen (secondary N) is 3. The first kappa shape index (κ1) is 23.9. The lowest BCUT2D eigenvalue weighted by atomic mass is 9.99. The third-order valence-corrected chi connectivity index (χ3v) is 5.61. The van der Waals surface area contributed by atoms with Crippen molar-refractivity contribution in [2.75, 3.05) is 52.4 Å². The van der Waals surface area contributed by atoms with Gasteiger partial charge in [-0.15, -0.1) is 0 Å². The summed E-state index contributed by atoms with van der Waals surface area (Å²) in [6.07, 6.45) is 15.0. The lowest BCUT2D eigenvalue weighted by Gasteiger charge is -2.32. The average molecular weight is 369 g/mol. The maximum atomic E-state index is 3.67. The zero-order chi connectivity index (χ0) is 18.7. The van der Waals surface area contributed by atoms with Gasteiger partial charge in [-0.2, -0.15) is 0 Å². The maximum Gasteiger partial charge on any atom is 0.0110 e. The first-order valence-corrected chi connectivity index (χ1v) is 11.7. The van der Waals surface area contributed by atoms with Gasteiger partial charge in [0.15, 0.2) is 0 Å². The van der Waals surface area contributed by atoms with E-state index in [-0.39, 0.29) is 0 Å². The molecular weight excluding hydrogens is 320 g/mol. The van der Waals surface area contributed by atoms with Crippen LogP contribution in [0.1, 0.15) is 84.5 Å². The number of hydrogen-bond acceptors (Lipinski definition) is 4. The topological polar surface area (TPSA) is 39.3 Å². The van der Waals surface area contributed by atoms with Gasteiger partial charge < -0.3 is 16.0 Å². The molecule has 0 aliphatic carbocycles. The third kappa shape index (κ3) is 13.1. The molecule has 1 fully saturated rings. The Labute approximate surface area is 164 Å². The fourth-order valence-electron chi connectivity index (χ4n) is 3.94. The molecule has 1 aliphatic heterocycles. The molecule has 0 saturated carbocycles. The van der Waals surface area contributed by atoms with Gasteiger partial charge in [-0.1, -0.05) is 58.8 Å². The van der Waals surface area contributed by atoms with Crippen molar-refractivity contribution in [1.29, 1.82) is 0 Å². The Kier molecular flexibility index (Phi) is 16.7. The van der Waals surface area contributed by atoms with E-state index in [2.05, 4.69) is 34.7 Å². The normalized spacial score (nSPS) is 20.5. The zero-order valence-corrected chi connectivity index (χ0v) is 18.0. The standard InChI is InChI=1S/C22H48N4/c1-3-5-7-9-13-22(12-8-6-4-2)26-20-11-16-24-18-17-23-14-10-15-25-19-21-26/h22-25H,3-21H2,1-2H3. The predicted octanol–water partition coefficient (Wildman–Crippen LogP) is 3.77. The molecule has 4 heteroatoms. The van der Waals surface area contributed by atoms with Crippen LogP contribution in [0, 0.1) is 0 Å². The van der Waals surface area contributed by atoms with E-state index in [1.54, 1.807) is 0 Å². The lowest BCUT2D eigenvalue weighted by Crippen LogP contribution is -2.42. The monoisotopic (exact) mass is 368 g/mol. The van der Waals surface area contributed by atoms with Crippen LogP contribution in [0.25, 0.3) is 0 Å². The van der Waals surface area contributed by atoms with E-state index in [0.29, 0.717) is 0 Å². The van der Waals surface area contributed by atoms with Gasteiger partial charge in [-0.3, -0.25) is 4.90 Å². The molecule has 0 spiro atoms. The van der Waals surface area contributed by atoms with Crippen molar-refractivity contribution in [2.24, 2.45) is 0 Å². The summed E-state index contributed by atoms with van der Waals surface area (Å²) in [5.74, 6) is 0. The number of hydrogen-bond donors (Lipinski definition) is 3. The maximum absolute atomic E-state index is 3.67. The minimum absolute atomic E-state index is 0.801. The minimum Gasteiger partial charge on any atom is -0.315 e. The van der Waals surface area contributed by atoms with Crippen molar-refractivity contribution in [3.8, 4) is 0 Å². The molecule has 26 heavy (non-hydrogen) atoms. The highest BCUT2D eigenvalue weighted by atomic mass is 15.2. The van der Waals surface area contributed by atoms with Gasteiger partial charge in [0.1, 0.15) is 0 Å². The number of unbranched alkanes of at least 4 members (excludes halogenated alkanes) is 5. The van der Waals surface area contributed by atoms with Crippen molar-refractivity contribution in [3.05, 3.63) is 0 Å². The predicted molar refractivity (Wildman–Crippen MR) is 116 cm³/mol. The average Bonchev–Trinajstić information content (AvgIpc) is 2.65. The summed E-state index contributed by atoms with van der Waals surface area (Å²) in [5, 5.41) is 10.8. The summed E-state index contributed by atoms with van der Waals surface area (Å²) in [6, 6.07) is 0.801. The molecule has 1 heterocycles. The van der Waals surface area contributed by atoms with Gasteiger partial charge in [0.25, 0.3) is 0 Å². The van der Waals surface area contributed by atoms with Crippen molar-refractivity contribution in [3.63, 3.8) is 0 Å². The SMILES string of the molecule is CCCCCCC(CCCCC)N1CCCNCCNCCCNCC1. The molecular formula is C22H48N4. The third-order valence-electron chi connectivity index (χ3n) is 5.61. The smallest absolute Gasteiger partial charge is 0.0110 e. The van der Waals surface area contributed by atoms with Crippen LogP contribution < -0.4 is 16.0 Å². The molecule has 0 aromatic rings. The molecule has 3 N–H and O–H groups in total. The highest BCUT2D eigenvalue weighted by Crippen LogP contribution is 2.18. The van der Waals surface area contributed by atoms with Crippen LogP contribution in [0.5, 0.6) is 0 Å². The van der Waals surface area contributed by atoms with Gasteiger partial charge in [0, 0.05) is 32.2 Å². The first-order valence-electron chi connectivity index (χ1n) is 11.7. The molecule has 0 aromatic heterocycles. The van der Waals surface area contributed by atoms with Gasteiger partial charge in [0.2, 0.25) is 0 Å². The highest BCUT2D eigenvalue weighted by Gasteiger charge is 2.17. The van der Waals surface area contributed by atoms with E-state index >= 15 is 0 Å². The summed E-state index contributed by atoms with van der Waals surface area (Å²) >= 11 is 0. The second-order valence-corrected chi connectivity index (χ2v) is 7.99. The highest BCUT2D eigenvalue weighted by molar-refractivity contribution is 4.74. The van der Waals surface area contributed by atoms with E-state index < -0.39 is 0 Å². The molecule has 1 atom stereocenters. The first-order chi connectivity index (χ1) is 12.9. The molecule has 1 aliphatic rings. The zero-order valence-electron chi connectivity index (χ0n) is 18.0. The van der Waals surface area contributed by atoms with Gasteiger partial charge in [0.05, 0.1) is 0 Å². The van der Waals surface area contributed by atoms with Crippen molar-refractivity contribution < 1.29 is 0 Å². The van der Waals surface area contributed by atoms with Gasteiger partial charge in [-0.25, -0.2) is 0 Å². The summed E-state index contributed by atoms with van der Waals surface area (Å²) in [6.45, 7) is 13.9. The molecule has 0 bridgehead atoms. The molecule has 0 aromatic carbocycles. The van der Waals surface area contributed by atoms with E-state index in [4.69, 9.17) is 0 Å². The summed E-state index contributed by atoms with van der Waals surface area (Å²) < 4.78 is 0. The van der Waals surface area contributed by atoms with Crippen molar-refractivity contribution in [2.45, 2.75) is 90.5 Å². The summed E-state index contributed by atoms with van der Waals surface area (Å²) in [5.41, 5.74) is 0. The van der Waals surface area contributed by atoms with E-state index in [1.807, 2.05) is 0 Å². The number of rotatable bonds is 10. The minimum atomic E-state index is 0.801. The van der Waals surface area contributed by atoms with E-state index in [1.165, 1.54) is 83.7 Å². The Morgan fingerprint density at radius 2 is 1.19 bits per heavy atom. The van der Waals surface area contributed by atoms with Crippen LogP contribution in [-0.2, 0) is 0 Å². The Bertz CT molecular complexity index is 271. The molecule has 1 rings (SSSR count). The molecule has 0 amide bonds. The summed E-state index contributed by atoms with van der Waals surface area (Å²) in [4.78, 5) is 2.82. The van der Waals surface area contributed by atoms with Crippen LogP contribution in [0.3, 0.4) is 0 Å². The largest absolute Gasteiger partial charge is 0.315 e. The van der Waals surface area contributed by atoms with Crippen LogP contribution in [-0.4, -0.2) is 63.3 Å². The van der Waals surface area contributed by atoms with Gasteiger partial charge in [-0.05, 0) is 51.9 Å². The van der Waals surface area contributed by atoms with E-state index in [0.717, 1.165) is 45.3 Å². The molecule has 156 valence electrons. The second-order valence-electron chi connectivity index (χ2n) is 7.99. The molecule has 1 saturated heterocycles. The fourth-order valence-corrected chi connectivity index (χ4v) is 3.94. The Morgan fingerprint density at radius 3 is 1.88 bits per heavy atom. The Hall–Kier alpha value is -0.160. The molecule has 1 unspecified atom stereocenters. The van der Waals surface area contributed by atoms with Crippen LogP contribution in [0.2, 0.25) is 0 Å². The lowest BCUT2D eigenvalue weighted by molar-refractivity contribution is 0.168. The summed E-state index contributed by atoms with van der Waals surface area (Å²) in [7, 11) is 0. The van der Waals surface area contributed by atoms with Crippen molar-refractivity contribution >= 4 is 0 Å². The quantitative estimate of drug-likeness (QED) is 0.513. The van der Waals surface area contributed by atoms with Crippen LogP contribution in [0.15, 0.2) is 0 Å². The molecule has 4 nitrogen and oxygen atoms in total. The van der Waals surface area contributed by atoms with Crippen LogP contribution >= 0.6 is 0 Å². The van der Waals surface area contributed by atoms with Gasteiger partial charge >= 0.3 is 0 Å². The fraction of sp³-hybridized carbons (Fsp3) is 1.00. The van der Waals surface area contributed by atoms with E-state index in [9.17, 15) is 0 Å². The number of nitrogens with zero attached hydrogens (tertiary/aromatic N) is 1. The second kappa shape index (κ2) is 18.2. The van der Waals surface area contributed by atoms with Crippen LogP contribution in [0.4, 0.5) is 0 Å².